The molecule has 1 atom stereocenters. The summed E-state index contributed by atoms with van der Waals surface area (Å²) < 4.78 is 0. The summed E-state index contributed by atoms with van der Waals surface area (Å²) in [5.74, 6) is 0.861. The molecule has 0 aliphatic heterocycles. The summed E-state index contributed by atoms with van der Waals surface area (Å²) in [5.41, 5.74) is 3.57. The minimum Gasteiger partial charge on any atom is -0.352 e. The number of carbonyl (C=O) groups is 1. The quantitative estimate of drug-likeness (QED) is 0.656. The number of rotatable bonds is 8. The molecule has 1 amide bonds. The second-order valence-electron chi connectivity index (χ2n) is 8.06. The maximum Gasteiger partial charge on any atom is 0.252 e. The number of fused-ring (bicyclic) bond motifs is 1. The number of benzene rings is 1. The topological polar surface area (TPSA) is 32.3 Å². The lowest BCUT2D eigenvalue weighted by atomic mass is 9.88. The number of nitrogens with one attached hydrogen (secondary N) is 1. The first-order chi connectivity index (χ1) is 13.0. The molecule has 0 saturated carbocycles. The van der Waals surface area contributed by atoms with Crippen LogP contribution in [0.5, 0.6) is 0 Å². The van der Waals surface area contributed by atoms with Crippen LogP contribution in [-0.2, 0) is 19.4 Å². The number of hydrogen-bond acceptors (Lipinski definition) is 3. The predicted molar refractivity (Wildman–Crippen MR) is 114 cm³/mol. The highest BCUT2D eigenvalue weighted by Gasteiger charge is 2.23. The minimum absolute atomic E-state index is 0.112. The summed E-state index contributed by atoms with van der Waals surface area (Å²) in [7, 11) is 0. The van der Waals surface area contributed by atoms with Crippen LogP contribution in [0.2, 0.25) is 0 Å². The number of nitrogens with zero attached hydrogens (tertiary/aromatic N) is 1. The molecule has 1 aromatic heterocycles. The highest BCUT2D eigenvalue weighted by atomic mass is 32.1. The zero-order valence-corrected chi connectivity index (χ0v) is 17.6. The van der Waals surface area contributed by atoms with Gasteiger partial charge in [-0.25, -0.2) is 0 Å². The molecular formula is C23H32N2OS. The molecule has 0 fully saturated rings. The van der Waals surface area contributed by atoms with Gasteiger partial charge < -0.3 is 5.32 Å². The molecule has 146 valence electrons. The van der Waals surface area contributed by atoms with Gasteiger partial charge in [-0.05, 0) is 56.6 Å². The van der Waals surface area contributed by atoms with Crippen molar-refractivity contribution < 1.29 is 4.79 Å². The van der Waals surface area contributed by atoms with Crippen molar-refractivity contribution in [1.29, 1.82) is 0 Å². The molecule has 27 heavy (non-hydrogen) atoms. The lowest BCUT2D eigenvalue weighted by Crippen LogP contribution is -2.34. The van der Waals surface area contributed by atoms with Crippen molar-refractivity contribution in [3.05, 3.63) is 57.3 Å². The Balaban J connectivity index is 1.47. The molecular weight excluding hydrogens is 352 g/mol. The van der Waals surface area contributed by atoms with E-state index in [0.29, 0.717) is 6.04 Å². The van der Waals surface area contributed by atoms with Crippen LogP contribution in [0, 0.1) is 5.92 Å². The molecule has 0 spiro atoms. The van der Waals surface area contributed by atoms with Crippen LogP contribution < -0.4 is 5.32 Å². The van der Waals surface area contributed by atoms with Gasteiger partial charge in [-0.1, -0.05) is 37.3 Å². The van der Waals surface area contributed by atoms with Crippen LogP contribution in [-0.4, -0.2) is 29.9 Å². The number of amides is 1. The van der Waals surface area contributed by atoms with Gasteiger partial charge in [0.2, 0.25) is 0 Å². The fraction of sp³-hybridized carbons (Fsp3) is 0.522. The largest absolute Gasteiger partial charge is 0.352 e. The van der Waals surface area contributed by atoms with Gasteiger partial charge in [0, 0.05) is 35.9 Å². The predicted octanol–water partition coefficient (Wildman–Crippen LogP) is 4.90. The lowest BCUT2D eigenvalue weighted by Gasteiger charge is -2.26. The Labute approximate surface area is 167 Å². The molecule has 0 bridgehead atoms. The third-order valence-corrected chi connectivity index (χ3v) is 6.56. The molecule has 1 heterocycles. The van der Waals surface area contributed by atoms with Gasteiger partial charge in [0.25, 0.3) is 5.91 Å². The molecule has 0 saturated heterocycles. The van der Waals surface area contributed by atoms with E-state index < -0.39 is 0 Å². The van der Waals surface area contributed by atoms with Gasteiger partial charge in [-0.2, -0.15) is 0 Å². The zero-order valence-electron chi connectivity index (χ0n) is 16.8. The number of hydrogen-bond donors (Lipinski definition) is 1. The minimum atomic E-state index is 0.112. The standard InChI is InChI=1S/C23H32N2OS/c1-17(2)25(15-19-8-5-4-6-9-19)13-7-12-24-23(26)21-16-27-22-14-18(3)10-11-20(21)22/h4-6,8-9,16-18H,7,10-15H2,1-3H3,(H,24,26)/t18-/m1/s1. The van der Waals surface area contributed by atoms with E-state index in [1.54, 1.807) is 11.3 Å². The van der Waals surface area contributed by atoms with E-state index in [2.05, 4.69) is 66.7 Å². The molecule has 0 radical (unpaired) electrons. The Morgan fingerprint density at radius 1 is 1.30 bits per heavy atom. The molecule has 1 N–H and O–H groups in total. The Bertz CT molecular complexity index is 738. The normalized spacial score (nSPS) is 16.6. The first-order valence-corrected chi connectivity index (χ1v) is 11.1. The van der Waals surface area contributed by atoms with E-state index >= 15 is 0 Å². The molecule has 1 aliphatic rings. The third kappa shape index (κ3) is 5.43. The van der Waals surface area contributed by atoms with Crippen molar-refractivity contribution in [2.75, 3.05) is 13.1 Å². The van der Waals surface area contributed by atoms with Gasteiger partial charge >= 0.3 is 0 Å². The zero-order chi connectivity index (χ0) is 19.2. The van der Waals surface area contributed by atoms with E-state index in [4.69, 9.17) is 0 Å². The molecule has 4 heteroatoms. The summed E-state index contributed by atoms with van der Waals surface area (Å²) in [4.78, 5) is 16.5. The van der Waals surface area contributed by atoms with Crippen LogP contribution in [0.3, 0.4) is 0 Å². The molecule has 0 unspecified atom stereocenters. The monoisotopic (exact) mass is 384 g/mol. The first kappa shape index (κ1) is 20.1. The van der Waals surface area contributed by atoms with Crippen molar-refractivity contribution in [3.8, 4) is 0 Å². The first-order valence-electron chi connectivity index (χ1n) is 10.2. The summed E-state index contributed by atoms with van der Waals surface area (Å²) in [5, 5.41) is 5.21. The van der Waals surface area contributed by atoms with E-state index in [1.165, 1.54) is 22.4 Å². The van der Waals surface area contributed by atoms with E-state index in [9.17, 15) is 4.79 Å². The van der Waals surface area contributed by atoms with Crippen molar-refractivity contribution >= 4 is 17.2 Å². The maximum absolute atomic E-state index is 12.6. The van der Waals surface area contributed by atoms with E-state index in [-0.39, 0.29) is 5.91 Å². The second kappa shape index (κ2) is 9.52. The smallest absolute Gasteiger partial charge is 0.252 e. The van der Waals surface area contributed by atoms with Gasteiger partial charge in [-0.3, -0.25) is 9.69 Å². The Hall–Kier alpha value is -1.65. The van der Waals surface area contributed by atoms with Crippen LogP contribution in [0.25, 0.3) is 0 Å². The Morgan fingerprint density at radius 3 is 2.81 bits per heavy atom. The SMILES string of the molecule is CC(C)N(CCCNC(=O)c1csc2c1CC[C@@H](C)C2)Cc1ccccc1. The molecule has 1 aliphatic carbocycles. The van der Waals surface area contributed by atoms with Crippen LogP contribution >= 0.6 is 11.3 Å². The summed E-state index contributed by atoms with van der Waals surface area (Å²) >= 11 is 1.76. The number of carbonyl (C=O) groups excluding carboxylic acids is 1. The molecule has 3 nitrogen and oxygen atoms in total. The van der Waals surface area contributed by atoms with Crippen LogP contribution in [0.1, 0.15) is 60.0 Å². The van der Waals surface area contributed by atoms with E-state index in [1.807, 2.05) is 0 Å². The van der Waals surface area contributed by atoms with E-state index in [0.717, 1.165) is 50.4 Å². The van der Waals surface area contributed by atoms with Gasteiger partial charge in [0.15, 0.2) is 0 Å². The van der Waals surface area contributed by atoms with Gasteiger partial charge in [0.05, 0.1) is 5.56 Å². The lowest BCUT2D eigenvalue weighted by molar-refractivity contribution is 0.0949. The number of thiophene rings is 1. The van der Waals surface area contributed by atoms with Crippen molar-refractivity contribution in [1.82, 2.24) is 10.2 Å². The Kier molecular flexibility index (Phi) is 7.08. The highest BCUT2D eigenvalue weighted by Crippen LogP contribution is 2.32. The van der Waals surface area contributed by atoms with Gasteiger partial charge in [-0.15, -0.1) is 11.3 Å². The maximum atomic E-state index is 12.6. The van der Waals surface area contributed by atoms with Crippen LogP contribution in [0.4, 0.5) is 0 Å². The summed E-state index contributed by atoms with van der Waals surface area (Å²) in [6, 6.07) is 11.1. The molecule has 3 rings (SSSR count). The average Bonchev–Trinajstić information content (AvgIpc) is 3.07. The summed E-state index contributed by atoms with van der Waals surface area (Å²) in [6.45, 7) is 9.46. The van der Waals surface area contributed by atoms with Gasteiger partial charge in [0.1, 0.15) is 0 Å². The van der Waals surface area contributed by atoms with Crippen molar-refractivity contribution in [3.63, 3.8) is 0 Å². The second-order valence-corrected chi connectivity index (χ2v) is 9.02. The fourth-order valence-electron chi connectivity index (χ4n) is 3.78. The third-order valence-electron chi connectivity index (χ3n) is 5.51. The van der Waals surface area contributed by atoms with Crippen molar-refractivity contribution in [2.24, 2.45) is 5.92 Å². The fourth-order valence-corrected chi connectivity index (χ4v) is 5.03. The van der Waals surface area contributed by atoms with Crippen molar-refractivity contribution in [2.45, 2.75) is 59.0 Å². The molecule has 1 aromatic carbocycles. The average molecular weight is 385 g/mol. The highest BCUT2D eigenvalue weighted by molar-refractivity contribution is 7.10. The van der Waals surface area contributed by atoms with Crippen LogP contribution in [0.15, 0.2) is 35.7 Å². The molecule has 2 aromatic rings. The summed E-state index contributed by atoms with van der Waals surface area (Å²) in [6.07, 6.45) is 4.37. The Morgan fingerprint density at radius 2 is 2.07 bits per heavy atom.